The van der Waals surface area contributed by atoms with Gasteiger partial charge in [0.25, 0.3) is 0 Å². The van der Waals surface area contributed by atoms with Gasteiger partial charge in [0.15, 0.2) is 5.96 Å². The van der Waals surface area contributed by atoms with Crippen LogP contribution < -0.4 is 16.0 Å². The van der Waals surface area contributed by atoms with Crippen molar-refractivity contribution in [1.82, 2.24) is 16.0 Å². The number of carbonyl (C=O) groups is 1. The minimum atomic E-state index is -0.495. The number of alkyl carbamates (subject to hydrolysis) is 1. The molecule has 1 amide bonds. The van der Waals surface area contributed by atoms with E-state index >= 15 is 0 Å². The van der Waals surface area contributed by atoms with E-state index in [-0.39, 0.29) is 0 Å². The van der Waals surface area contributed by atoms with Gasteiger partial charge in [-0.25, -0.2) is 4.79 Å². The molecule has 0 fully saturated rings. The zero-order chi connectivity index (χ0) is 19.7. The molecular formula is C20H30N4O3. The van der Waals surface area contributed by atoms with E-state index in [0.29, 0.717) is 25.6 Å². The van der Waals surface area contributed by atoms with Crippen molar-refractivity contribution in [2.45, 2.75) is 39.7 Å². The van der Waals surface area contributed by atoms with Gasteiger partial charge < -0.3 is 25.1 Å². The van der Waals surface area contributed by atoms with Crippen LogP contribution in [0.25, 0.3) is 11.0 Å². The molecule has 1 aromatic carbocycles. The van der Waals surface area contributed by atoms with Gasteiger partial charge in [0, 0.05) is 38.0 Å². The highest BCUT2D eigenvalue weighted by molar-refractivity contribution is 5.80. The summed E-state index contributed by atoms with van der Waals surface area (Å²) in [5, 5.41) is 10.2. The summed E-state index contributed by atoms with van der Waals surface area (Å²) in [5.41, 5.74) is 0.402. The van der Waals surface area contributed by atoms with E-state index in [0.717, 1.165) is 29.7 Å². The Labute approximate surface area is 160 Å². The average molecular weight is 374 g/mol. The topological polar surface area (TPSA) is 87.9 Å². The minimum Gasteiger partial charge on any atom is -0.461 e. The third-order valence-corrected chi connectivity index (χ3v) is 3.53. The van der Waals surface area contributed by atoms with Crippen LogP contribution in [0.5, 0.6) is 0 Å². The Bertz CT molecular complexity index is 729. The highest BCUT2D eigenvalue weighted by Crippen LogP contribution is 2.18. The number of hydrogen-bond donors (Lipinski definition) is 3. The van der Waals surface area contributed by atoms with E-state index in [4.69, 9.17) is 9.15 Å². The fourth-order valence-corrected chi connectivity index (χ4v) is 2.44. The predicted molar refractivity (Wildman–Crippen MR) is 108 cm³/mol. The summed E-state index contributed by atoms with van der Waals surface area (Å²) in [6.07, 6.45) is 0.303. The molecule has 0 aliphatic carbocycles. The summed E-state index contributed by atoms with van der Waals surface area (Å²) in [4.78, 5) is 16.2. The molecule has 2 rings (SSSR count). The monoisotopic (exact) mass is 374 g/mol. The lowest BCUT2D eigenvalue weighted by Crippen LogP contribution is -2.42. The number of amides is 1. The molecule has 1 heterocycles. The molecule has 0 aliphatic rings. The molecule has 0 aliphatic heterocycles. The van der Waals surface area contributed by atoms with Crippen LogP contribution in [0.4, 0.5) is 4.79 Å². The van der Waals surface area contributed by atoms with E-state index in [2.05, 4.69) is 27.0 Å². The number of nitrogens with zero attached hydrogens (tertiary/aromatic N) is 1. The van der Waals surface area contributed by atoms with Gasteiger partial charge in [-0.15, -0.1) is 0 Å². The molecule has 7 nitrogen and oxygen atoms in total. The molecule has 1 aromatic heterocycles. The molecule has 3 N–H and O–H groups in total. The van der Waals surface area contributed by atoms with Crippen molar-refractivity contribution in [3.05, 3.63) is 36.1 Å². The normalized spacial score (nSPS) is 12.1. The summed E-state index contributed by atoms with van der Waals surface area (Å²) < 4.78 is 11.0. The first-order chi connectivity index (χ1) is 12.9. The Morgan fingerprint density at radius 3 is 2.59 bits per heavy atom. The van der Waals surface area contributed by atoms with E-state index in [1.54, 1.807) is 0 Å². The summed E-state index contributed by atoms with van der Waals surface area (Å²) in [6, 6.07) is 10.0. The molecule has 7 heteroatoms. The fourth-order valence-electron chi connectivity index (χ4n) is 2.44. The lowest BCUT2D eigenvalue weighted by atomic mass is 10.2. The number of para-hydroxylation sites is 1. The maximum absolute atomic E-state index is 11.6. The number of nitrogens with one attached hydrogen (secondary N) is 3. The molecular weight excluding hydrogens is 344 g/mol. The van der Waals surface area contributed by atoms with Crippen molar-refractivity contribution in [3.63, 3.8) is 0 Å². The molecule has 0 bridgehead atoms. The Kier molecular flexibility index (Phi) is 7.52. The van der Waals surface area contributed by atoms with Crippen LogP contribution >= 0.6 is 0 Å². The maximum atomic E-state index is 11.6. The summed E-state index contributed by atoms with van der Waals surface area (Å²) >= 11 is 0. The van der Waals surface area contributed by atoms with Crippen molar-refractivity contribution >= 4 is 23.0 Å². The van der Waals surface area contributed by atoms with Gasteiger partial charge in [0.2, 0.25) is 0 Å². The zero-order valence-corrected chi connectivity index (χ0v) is 16.6. The number of rotatable bonds is 7. The number of carbonyl (C=O) groups excluding carboxylic acids is 1. The molecule has 0 atom stereocenters. The van der Waals surface area contributed by atoms with Gasteiger partial charge in [0.1, 0.15) is 16.9 Å². The van der Waals surface area contributed by atoms with Gasteiger partial charge in [-0.2, -0.15) is 0 Å². The first-order valence-electron chi connectivity index (χ1n) is 9.34. The van der Waals surface area contributed by atoms with Crippen LogP contribution in [-0.4, -0.2) is 43.8 Å². The molecule has 0 saturated heterocycles. The first-order valence-corrected chi connectivity index (χ1v) is 9.34. The van der Waals surface area contributed by atoms with Gasteiger partial charge in [0.05, 0.1) is 0 Å². The lowest BCUT2D eigenvalue weighted by molar-refractivity contribution is 0.0529. The SMILES string of the molecule is CCNC(=NCCc1cc2ccccc2o1)NCCNC(=O)OC(C)(C)C. The smallest absolute Gasteiger partial charge is 0.407 e. The lowest BCUT2D eigenvalue weighted by Gasteiger charge is -2.19. The second-order valence-corrected chi connectivity index (χ2v) is 7.12. The first kappa shape index (κ1) is 20.6. The van der Waals surface area contributed by atoms with Gasteiger partial charge >= 0.3 is 6.09 Å². The fraction of sp³-hybridized carbons (Fsp3) is 0.500. The second kappa shape index (κ2) is 9.85. The largest absolute Gasteiger partial charge is 0.461 e. The van der Waals surface area contributed by atoms with E-state index in [1.807, 2.05) is 52.0 Å². The van der Waals surface area contributed by atoms with Crippen molar-refractivity contribution in [1.29, 1.82) is 0 Å². The Morgan fingerprint density at radius 2 is 1.89 bits per heavy atom. The molecule has 0 spiro atoms. The number of ether oxygens (including phenoxy) is 1. The zero-order valence-electron chi connectivity index (χ0n) is 16.6. The number of aliphatic imine (C=N–C) groups is 1. The Balaban J connectivity index is 1.75. The molecule has 27 heavy (non-hydrogen) atoms. The van der Waals surface area contributed by atoms with Crippen LogP contribution in [0.3, 0.4) is 0 Å². The van der Waals surface area contributed by atoms with Crippen molar-refractivity contribution in [2.75, 3.05) is 26.2 Å². The van der Waals surface area contributed by atoms with Crippen LogP contribution in [0, 0.1) is 0 Å². The van der Waals surface area contributed by atoms with E-state index in [9.17, 15) is 4.79 Å². The van der Waals surface area contributed by atoms with Gasteiger partial charge in [-0.05, 0) is 39.8 Å². The van der Waals surface area contributed by atoms with Crippen molar-refractivity contribution in [3.8, 4) is 0 Å². The summed E-state index contributed by atoms with van der Waals surface area (Å²) in [7, 11) is 0. The Morgan fingerprint density at radius 1 is 1.15 bits per heavy atom. The molecule has 148 valence electrons. The average Bonchev–Trinajstić information content (AvgIpc) is 2.99. The van der Waals surface area contributed by atoms with Gasteiger partial charge in [-0.1, -0.05) is 18.2 Å². The van der Waals surface area contributed by atoms with Crippen LogP contribution in [-0.2, 0) is 11.2 Å². The van der Waals surface area contributed by atoms with Crippen LogP contribution in [0.1, 0.15) is 33.5 Å². The molecule has 0 saturated carbocycles. The summed E-state index contributed by atoms with van der Waals surface area (Å²) in [6.45, 7) is 9.88. The standard InChI is InChI=1S/C20H30N4O3/c1-5-21-18(23-12-13-24-19(25)27-20(2,3)4)22-11-10-16-14-15-8-6-7-9-17(15)26-16/h6-9,14H,5,10-13H2,1-4H3,(H,24,25)(H2,21,22,23). The molecule has 0 unspecified atom stereocenters. The quantitative estimate of drug-likeness (QED) is 0.394. The maximum Gasteiger partial charge on any atom is 0.407 e. The van der Waals surface area contributed by atoms with E-state index in [1.165, 1.54) is 0 Å². The highest BCUT2D eigenvalue weighted by atomic mass is 16.6. The number of hydrogen-bond acceptors (Lipinski definition) is 4. The Hall–Kier alpha value is -2.70. The molecule has 0 radical (unpaired) electrons. The molecule has 2 aromatic rings. The van der Waals surface area contributed by atoms with Crippen molar-refractivity contribution in [2.24, 2.45) is 4.99 Å². The second-order valence-electron chi connectivity index (χ2n) is 7.12. The van der Waals surface area contributed by atoms with Crippen molar-refractivity contribution < 1.29 is 13.9 Å². The number of fused-ring (bicyclic) bond motifs is 1. The third-order valence-electron chi connectivity index (χ3n) is 3.53. The minimum absolute atomic E-state index is 0.420. The highest BCUT2D eigenvalue weighted by Gasteiger charge is 2.15. The van der Waals surface area contributed by atoms with Crippen LogP contribution in [0.2, 0.25) is 0 Å². The predicted octanol–water partition coefficient (Wildman–Crippen LogP) is 3.06. The van der Waals surface area contributed by atoms with Gasteiger partial charge in [-0.3, -0.25) is 4.99 Å². The third kappa shape index (κ3) is 7.60. The number of furan rings is 1. The summed E-state index contributed by atoms with van der Waals surface area (Å²) in [5.74, 6) is 1.63. The van der Waals surface area contributed by atoms with E-state index < -0.39 is 11.7 Å². The number of benzene rings is 1. The van der Waals surface area contributed by atoms with Crippen LogP contribution in [0.15, 0.2) is 39.7 Å². The number of guanidine groups is 1.